The summed E-state index contributed by atoms with van der Waals surface area (Å²) in [5, 5.41) is 3.31. The summed E-state index contributed by atoms with van der Waals surface area (Å²) in [6.07, 6.45) is 0. The Morgan fingerprint density at radius 1 is 1.35 bits per heavy atom. The van der Waals surface area contributed by atoms with Gasteiger partial charge < -0.3 is 15.6 Å². The monoisotopic (exact) mass is 232 g/mol. The molecule has 4 nitrogen and oxygen atoms in total. The highest BCUT2D eigenvalue weighted by molar-refractivity contribution is 5.78. The maximum absolute atomic E-state index is 6.01. The first-order valence-corrected chi connectivity index (χ1v) is 6.00. The highest BCUT2D eigenvalue weighted by Gasteiger charge is 2.10. The first-order valence-electron chi connectivity index (χ1n) is 6.00. The van der Waals surface area contributed by atoms with Gasteiger partial charge in [0.05, 0.1) is 11.0 Å². The van der Waals surface area contributed by atoms with Gasteiger partial charge in [-0.25, -0.2) is 4.98 Å². The van der Waals surface area contributed by atoms with Crippen molar-refractivity contribution in [2.24, 2.45) is 18.7 Å². The fraction of sp³-hybridized carbons (Fsp3) is 0.462. The normalized spacial score (nSPS) is 13.2. The molecule has 0 bridgehead atoms. The van der Waals surface area contributed by atoms with E-state index >= 15 is 0 Å². The third kappa shape index (κ3) is 2.42. The Labute approximate surface area is 102 Å². The Kier molecular flexibility index (Phi) is 3.33. The van der Waals surface area contributed by atoms with Crippen LogP contribution >= 0.6 is 0 Å². The van der Waals surface area contributed by atoms with Gasteiger partial charge in [-0.2, -0.15) is 0 Å². The van der Waals surface area contributed by atoms with Crippen LogP contribution in [-0.4, -0.2) is 22.1 Å². The molecule has 0 fully saturated rings. The molecule has 0 radical (unpaired) electrons. The fourth-order valence-electron chi connectivity index (χ4n) is 1.75. The van der Waals surface area contributed by atoms with Crippen LogP contribution in [0.2, 0.25) is 0 Å². The third-order valence-corrected chi connectivity index (χ3v) is 3.14. The maximum atomic E-state index is 6.01. The number of anilines is 1. The zero-order chi connectivity index (χ0) is 12.4. The largest absolute Gasteiger partial charge is 0.354 e. The van der Waals surface area contributed by atoms with Crippen molar-refractivity contribution in [3.63, 3.8) is 0 Å². The molecule has 1 atom stereocenters. The molecule has 92 valence electrons. The van der Waals surface area contributed by atoms with Crippen LogP contribution < -0.4 is 11.1 Å². The molecule has 2 rings (SSSR count). The zero-order valence-corrected chi connectivity index (χ0v) is 10.6. The number of rotatable bonds is 4. The van der Waals surface area contributed by atoms with Crippen molar-refractivity contribution in [2.75, 3.05) is 11.9 Å². The number of aromatic nitrogens is 2. The lowest BCUT2D eigenvalue weighted by Gasteiger charge is -2.16. The van der Waals surface area contributed by atoms with Crippen molar-refractivity contribution in [3.05, 3.63) is 24.3 Å². The number of hydrogen-bond donors (Lipinski definition) is 2. The van der Waals surface area contributed by atoms with Gasteiger partial charge in [-0.3, -0.25) is 0 Å². The van der Waals surface area contributed by atoms with E-state index in [-0.39, 0.29) is 6.04 Å². The SMILES string of the molecule is CC(C)C(N)CNc1nc2ccccc2n1C. The van der Waals surface area contributed by atoms with E-state index in [2.05, 4.69) is 34.8 Å². The smallest absolute Gasteiger partial charge is 0.203 e. The van der Waals surface area contributed by atoms with Gasteiger partial charge in [-0.1, -0.05) is 26.0 Å². The molecule has 0 amide bonds. The van der Waals surface area contributed by atoms with Gasteiger partial charge in [0.2, 0.25) is 5.95 Å². The lowest BCUT2D eigenvalue weighted by atomic mass is 10.1. The number of benzene rings is 1. The maximum Gasteiger partial charge on any atom is 0.203 e. The predicted molar refractivity (Wildman–Crippen MR) is 72.0 cm³/mol. The highest BCUT2D eigenvalue weighted by Crippen LogP contribution is 2.17. The van der Waals surface area contributed by atoms with E-state index < -0.39 is 0 Å². The van der Waals surface area contributed by atoms with Crippen LogP contribution in [0.5, 0.6) is 0 Å². The third-order valence-electron chi connectivity index (χ3n) is 3.14. The van der Waals surface area contributed by atoms with Crippen LogP contribution in [0.15, 0.2) is 24.3 Å². The van der Waals surface area contributed by atoms with Gasteiger partial charge >= 0.3 is 0 Å². The van der Waals surface area contributed by atoms with Crippen molar-refractivity contribution in [1.29, 1.82) is 0 Å². The number of nitrogens with one attached hydrogen (secondary N) is 1. The fourth-order valence-corrected chi connectivity index (χ4v) is 1.75. The first-order chi connectivity index (χ1) is 8.09. The number of nitrogens with zero attached hydrogens (tertiary/aromatic N) is 2. The van der Waals surface area contributed by atoms with Crippen LogP contribution in [0.25, 0.3) is 11.0 Å². The number of aryl methyl sites for hydroxylation is 1. The average Bonchev–Trinajstić information content (AvgIpc) is 2.64. The van der Waals surface area contributed by atoms with E-state index in [0.29, 0.717) is 5.92 Å². The molecule has 2 aromatic rings. The zero-order valence-electron chi connectivity index (χ0n) is 10.6. The number of fused-ring (bicyclic) bond motifs is 1. The molecule has 0 aliphatic rings. The minimum absolute atomic E-state index is 0.148. The molecule has 0 aliphatic carbocycles. The van der Waals surface area contributed by atoms with Gasteiger partial charge in [-0.05, 0) is 18.1 Å². The van der Waals surface area contributed by atoms with E-state index in [1.807, 2.05) is 25.2 Å². The Hall–Kier alpha value is -1.55. The number of imidazole rings is 1. The summed E-state index contributed by atoms with van der Waals surface area (Å²) in [7, 11) is 2.01. The van der Waals surface area contributed by atoms with Crippen molar-refractivity contribution in [1.82, 2.24) is 9.55 Å². The lowest BCUT2D eigenvalue weighted by molar-refractivity contribution is 0.510. The Morgan fingerprint density at radius 3 is 2.71 bits per heavy atom. The second-order valence-electron chi connectivity index (χ2n) is 4.77. The molecule has 0 aliphatic heterocycles. The average molecular weight is 232 g/mol. The summed E-state index contributed by atoms with van der Waals surface area (Å²) in [5.74, 6) is 1.35. The van der Waals surface area contributed by atoms with Gasteiger partial charge in [0.1, 0.15) is 0 Å². The molecule has 4 heteroatoms. The summed E-state index contributed by atoms with van der Waals surface area (Å²) in [6, 6.07) is 8.25. The van der Waals surface area contributed by atoms with E-state index in [9.17, 15) is 0 Å². The first kappa shape index (κ1) is 11.9. The Bertz CT molecular complexity index is 501. The molecular formula is C13H20N4. The highest BCUT2D eigenvalue weighted by atomic mass is 15.2. The summed E-state index contributed by atoms with van der Waals surface area (Å²) in [5.41, 5.74) is 8.15. The van der Waals surface area contributed by atoms with Crippen LogP contribution in [0.1, 0.15) is 13.8 Å². The summed E-state index contributed by atoms with van der Waals surface area (Å²) < 4.78 is 2.06. The topological polar surface area (TPSA) is 55.9 Å². The molecule has 0 spiro atoms. The Morgan fingerprint density at radius 2 is 2.06 bits per heavy atom. The van der Waals surface area contributed by atoms with Crippen molar-refractivity contribution < 1.29 is 0 Å². The molecule has 0 saturated heterocycles. The number of nitrogens with two attached hydrogens (primary N) is 1. The molecular weight excluding hydrogens is 212 g/mol. The van der Waals surface area contributed by atoms with Gasteiger partial charge in [0, 0.05) is 19.6 Å². The summed E-state index contributed by atoms with van der Waals surface area (Å²) in [6.45, 7) is 5.00. The van der Waals surface area contributed by atoms with Gasteiger partial charge in [0.15, 0.2) is 0 Å². The molecule has 1 aromatic heterocycles. The molecule has 1 aromatic carbocycles. The molecule has 3 N–H and O–H groups in total. The quantitative estimate of drug-likeness (QED) is 0.847. The standard InChI is InChI=1S/C13H20N4/c1-9(2)10(14)8-15-13-16-11-6-4-5-7-12(11)17(13)3/h4-7,9-10H,8,14H2,1-3H3,(H,15,16). The lowest BCUT2D eigenvalue weighted by Crippen LogP contribution is -2.34. The van der Waals surface area contributed by atoms with E-state index in [4.69, 9.17) is 5.73 Å². The van der Waals surface area contributed by atoms with Crippen LogP contribution in [0.4, 0.5) is 5.95 Å². The molecule has 1 unspecified atom stereocenters. The predicted octanol–water partition coefficient (Wildman–Crippen LogP) is 1.97. The minimum Gasteiger partial charge on any atom is -0.354 e. The van der Waals surface area contributed by atoms with Crippen molar-refractivity contribution in [2.45, 2.75) is 19.9 Å². The van der Waals surface area contributed by atoms with Crippen LogP contribution in [0.3, 0.4) is 0 Å². The summed E-state index contributed by atoms with van der Waals surface area (Å²) >= 11 is 0. The Balaban J connectivity index is 2.16. The number of para-hydroxylation sites is 2. The summed E-state index contributed by atoms with van der Waals surface area (Å²) in [4.78, 5) is 4.54. The van der Waals surface area contributed by atoms with Gasteiger partial charge in [-0.15, -0.1) is 0 Å². The molecule has 17 heavy (non-hydrogen) atoms. The van der Waals surface area contributed by atoms with Crippen LogP contribution in [-0.2, 0) is 7.05 Å². The van der Waals surface area contributed by atoms with Crippen molar-refractivity contribution in [3.8, 4) is 0 Å². The van der Waals surface area contributed by atoms with Gasteiger partial charge in [0.25, 0.3) is 0 Å². The van der Waals surface area contributed by atoms with E-state index in [1.165, 1.54) is 0 Å². The second kappa shape index (κ2) is 4.75. The molecule has 1 heterocycles. The van der Waals surface area contributed by atoms with Crippen molar-refractivity contribution >= 4 is 17.0 Å². The van der Waals surface area contributed by atoms with E-state index in [1.54, 1.807) is 0 Å². The minimum atomic E-state index is 0.148. The number of hydrogen-bond acceptors (Lipinski definition) is 3. The second-order valence-corrected chi connectivity index (χ2v) is 4.77. The van der Waals surface area contributed by atoms with Crippen LogP contribution in [0, 0.1) is 5.92 Å². The van der Waals surface area contributed by atoms with E-state index in [0.717, 1.165) is 23.5 Å². The molecule has 0 saturated carbocycles.